The predicted octanol–water partition coefficient (Wildman–Crippen LogP) is 3.20. The van der Waals surface area contributed by atoms with Crippen LogP contribution in [0.15, 0.2) is 36.4 Å². The van der Waals surface area contributed by atoms with Crippen molar-refractivity contribution >= 4 is 5.69 Å². The van der Waals surface area contributed by atoms with Gasteiger partial charge in [-0.3, -0.25) is 10.1 Å². The fourth-order valence-electron chi connectivity index (χ4n) is 1.93. The Morgan fingerprint density at radius 1 is 1.19 bits per heavy atom. The van der Waals surface area contributed by atoms with Crippen LogP contribution >= 0.6 is 0 Å². The highest BCUT2D eigenvalue weighted by atomic mass is 16.6. The largest absolute Gasteiger partial charge is 0.490 e. The summed E-state index contributed by atoms with van der Waals surface area (Å²) in [5.41, 5.74) is 1.46. The van der Waals surface area contributed by atoms with Crippen molar-refractivity contribution in [3.63, 3.8) is 0 Å². The molecule has 0 saturated carbocycles. The molecule has 2 rings (SSSR count). The Bertz CT molecular complexity index is 669. The molecule has 21 heavy (non-hydrogen) atoms. The number of nitro groups is 1. The van der Waals surface area contributed by atoms with Crippen LogP contribution in [0.2, 0.25) is 0 Å². The van der Waals surface area contributed by atoms with Gasteiger partial charge in [-0.05, 0) is 36.2 Å². The Morgan fingerprint density at radius 2 is 1.90 bits per heavy atom. The highest BCUT2D eigenvalue weighted by Crippen LogP contribution is 2.33. The summed E-state index contributed by atoms with van der Waals surface area (Å²) >= 11 is 0. The first kappa shape index (κ1) is 14.8. The zero-order valence-corrected chi connectivity index (χ0v) is 11.7. The first-order chi connectivity index (χ1) is 10.0. The first-order valence-electron chi connectivity index (χ1n) is 6.26. The third-order valence-corrected chi connectivity index (χ3v) is 3.00. The predicted molar refractivity (Wildman–Crippen MR) is 76.8 cm³/mol. The normalized spacial score (nSPS) is 10.2. The second-order valence-electron chi connectivity index (χ2n) is 4.45. The number of nitro benzene ring substituents is 1. The van der Waals surface area contributed by atoms with E-state index in [0.29, 0.717) is 11.5 Å². The van der Waals surface area contributed by atoms with Gasteiger partial charge >= 0.3 is 5.69 Å². The third kappa shape index (κ3) is 3.29. The Labute approximate surface area is 121 Å². The lowest BCUT2D eigenvalue weighted by Crippen LogP contribution is -1.95. The molecule has 2 aromatic carbocycles. The minimum atomic E-state index is -0.520. The SMILES string of the molecule is COc1ccc(Oc2ccc(CO)cc2C)cc1[N+](=O)[O-]. The summed E-state index contributed by atoms with van der Waals surface area (Å²) in [5.74, 6) is 1.11. The van der Waals surface area contributed by atoms with Crippen LogP contribution in [-0.2, 0) is 6.61 Å². The van der Waals surface area contributed by atoms with E-state index in [1.54, 1.807) is 24.3 Å². The molecule has 0 unspecified atom stereocenters. The fraction of sp³-hybridized carbons (Fsp3) is 0.200. The molecule has 2 aromatic rings. The maximum Gasteiger partial charge on any atom is 0.314 e. The number of hydrogen-bond acceptors (Lipinski definition) is 5. The molecular formula is C15H15NO5. The average Bonchev–Trinajstić information content (AvgIpc) is 2.49. The highest BCUT2D eigenvalue weighted by Gasteiger charge is 2.16. The average molecular weight is 289 g/mol. The van der Waals surface area contributed by atoms with Crippen molar-refractivity contribution in [2.45, 2.75) is 13.5 Å². The number of hydrogen-bond donors (Lipinski definition) is 1. The zero-order valence-electron chi connectivity index (χ0n) is 11.7. The molecule has 0 aliphatic heterocycles. The number of ether oxygens (including phenoxy) is 2. The van der Waals surface area contributed by atoms with Gasteiger partial charge in [0.15, 0.2) is 5.75 Å². The first-order valence-corrected chi connectivity index (χ1v) is 6.26. The van der Waals surface area contributed by atoms with E-state index in [4.69, 9.17) is 14.6 Å². The lowest BCUT2D eigenvalue weighted by Gasteiger charge is -2.10. The van der Waals surface area contributed by atoms with E-state index in [1.165, 1.54) is 19.2 Å². The lowest BCUT2D eigenvalue weighted by atomic mass is 10.1. The highest BCUT2D eigenvalue weighted by molar-refractivity contribution is 5.52. The number of aliphatic hydroxyl groups is 1. The van der Waals surface area contributed by atoms with Crippen molar-refractivity contribution in [3.8, 4) is 17.2 Å². The number of rotatable bonds is 5. The van der Waals surface area contributed by atoms with Gasteiger partial charge < -0.3 is 14.6 Å². The Kier molecular flexibility index (Phi) is 4.39. The molecule has 0 aliphatic carbocycles. The molecule has 0 spiro atoms. The third-order valence-electron chi connectivity index (χ3n) is 3.00. The standard InChI is InChI=1S/C15H15NO5/c1-10-7-11(9-17)3-5-14(10)21-12-4-6-15(20-2)13(8-12)16(18)19/h3-8,17H,9H2,1-2H3. The van der Waals surface area contributed by atoms with Crippen LogP contribution in [0.25, 0.3) is 0 Å². The van der Waals surface area contributed by atoms with Crippen LogP contribution in [0.1, 0.15) is 11.1 Å². The van der Waals surface area contributed by atoms with E-state index in [0.717, 1.165) is 11.1 Å². The topological polar surface area (TPSA) is 81.8 Å². The van der Waals surface area contributed by atoms with Crippen molar-refractivity contribution in [2.75, 3.05) is 7.11 Å². The minimum absolute atomic E-state index is 0.0465. The van der Waals surface area contributed by atoms with E-state index in [2.05, 4.69) is 0 Å². The summed E-state index contributed by atoms with van der Waals surface area (Å²) in [6.45, 7) is 1.79. The number of nitrogens with zero attached hydrogens (tertiary/aromatic N) is 1. The van der Waals surface area contributed by atoms with Gasteiger partial charge in [0.05, 0.1) is 24.7 Å². The van der Waals surface area contributed by atoms with Gasteiger partial charge in [0.25, 0.3) is 0 Å². The molecule has 0 bridgehead atoms. The van der Waals surface area contributed by atoms with E-state index in [1.807, 2.05) is 6.92 Å². The summed E-state index contributed by atoms with van der Waals surface area (Å²) in [6, 6.07) is 9.67. The van der Waals surface area contributed by atoms with Crippen molar-refractivity contribution in [2.24, 2.45) is 0 Å². The van der Waals surface area contributed by atoms with Gasteiger partial charge in [-0.15, -0.1) is 0 Å². The quantitative estimate of drug-likeness (QED) is 0.675. The molecule has 6 nitrogen and oxygen atoms in total. The summed E-state index contributed by atoms with van der Waals surface area (Å²) < 4.78 is 10.6. The van der Waals surface area contributed by atoms with Crippen LogP contribution in [0.4, 0.5) is 5.69 Å². The van der Waals surface area contributed by atoms with Crippen LogP contribution < -0.4 is 9.47 Å². The number of aliphatic hydroxyl groups excluding tert-OH is 1. The summed E-state index contributed by atoms with van der Waals surface area (Å²) in [5, 5.41) is 20.0. The van der Waals surface area contributed by atoms with Gasteiger partial charge in [-0.25, -0.2) is 0 Å². The molecule has 110 valence electrons. The van der Waals surface area contributed by atoms with E-state index in [9.17, 15) is 10.1 Å². The summed E-state index contributed by atoms with van der Waals surface area (Å²) in [4.78, 5) is 10.5. The molecule has 0 aliphatic rings. The maximum atomic E-state index is 11.0. The smallest absolute Gasteiger partial charge is 0.314 e. The maximum absolute atomic E-state index is 11.0. The van der Waals surface area contributed by atoms with Crippen LogP contribution in [-0.4, -0.2) is 17.1 Å². The second kappa shape index (κ2) is 6.23. The van der Waals surface area contributed by atoms with Crippen molar-refractivity contribution in [1.29, 1.82) is 0 Å². The Balaban J connectivity index is 2.31. The molecule has 1 N–H and O–H groups in total. The second-order valence-corrected chi connectivity index (χ2v) is 4.45. The van der Waals surface area contributed by atoms with E-state index >= 15 is 0 Å². The minimum Gasteiger partial charge on any atom is -0.490 e. The van der Waals surface area contributed by atoms with Crippen molar-refractivity contribution in [1.82, 2.24) is 0 Å². The fourth-order valence-corrected chi connectivity index (χ4v) is 1.93. The molecule has 0 atom stereocenters. The Hall–Kier alpha value is -2.60. The molecule has 6 heteroatoms. The van der Waals surface area contributed by atoms with Gasteiger partial charge in [0.2, 0.25) is 0 Å². The summed E-state index contributed by atoms with van der Waals surface area (Å²) in [6.07, 6.45) is 0. The summed E-state index contributed by atoms with van der Waals surface area (Å²) in [7, 11) is 1.38. The van der Waals surface area contributed by atoms with Crippen molar-refractivity contribution in [3.05, 3.63) is 57.6 Å². The molecular weight excluding hydrogens is 274 g/mol. The number of methoxy groups -OCH3 is 1. The molecule has 0 radical (unpaired) electrons. The van der Waals surface area contributed by atoms with E-state index in [-0.39, 0.29) is 18.0 Å². The van der Waals surface area contributed by atoms with Crippen molar-refractivity contribution < 1.29 is 19.5 Å². The zero-order chi connectivity index (χ0) is 15.4. The monoisotopic (exact) mass is 289 g/mol. The molecule has 0 saturated heterocycles. The molecule has 0 aromatic heterocycles. The van der Waals surface area contributed by atoms with Gasteiger partial charge in [0.1, 0.15) is 11.5 Å². The van der Waals surface area contributed by atoms with Gasteiger partial charge in [-0.2, -0.15) is 0 Å². The molecule has 0 heterocycles. The van der Waals surface area contributed by atoms with Crippen LogP contribution in [0, 0.1) is 17.0 Å². The molecule has 0 fully saturated rings. The number of benzene rings is 2. The van der Waals surface area contributed by atoms with Crippen LogP contribution in [0.5, 0.6) is 17.2 Å². The van der Waals surface area contributed by atoms with E-state index < -0.39 is 4.92 Å². The lowest BCUT2D eigenvalue weighted by molar-refractivity contribution is -0.385. The number of aryl methyl sites for hydroxylation is 1. The Morgan fingerprint density at radius 3 is 2.48 bits per heavy atom. The van der Waals surface area contributed by atoms with Crippen LogP contribution in [0.3, 0.4) is 0 Å². The van der Waals surface area contributed by atoms with Gasteiger partial charge in [0, 0.05) is 0 Å². The molecule has 0 amide bonds. The van der Waals surface area contributed by atoms with Gasteiger partial charge in [-0.1, -0.05) is 12.1 Å².